The van der Waals surface area contributed by atoms with Crippen molar-refractivity contribution in [2.24, 2.45) is 0 Å². The van der Waals surface area contributed by atoms with Gasteiger partial charge in [0, 0.05) is 76.8 Å². The fourth-order valence-electron chi connectivity index (χ4n) is 6.70. The normalized spacial score (nSPS) is 18.3. The van der Waals surface area contributed by atoms with Gasteiger partial charge in [-0.2, -0.15) is 0 Å². The van der Waals surface area contributed by atoms with Crippen LogP contribution in [0.25, 0.3) is 10.8 Å². The second-order valence-electron chi connectivity index (χ2n) is 12.8. The van der Waals surface area contributed by atoms with Crippen molar-refractivity contribution in [3.05, 3.63) is 108 Å². The Kier molecular flexibility index (Phi) is 10.6. The molecule has 3 heterocycles. The molecule has 0 spiro atoms. The minimum absolute atomic E-state index is 0.0165. The third kappa shape index (κ3) is 8.25. The third-order valence-corrected chi connectivity index (χ3v) is 11.1. The molecule has 1 N–H and O–H groups in total. The van der Waals surface area contributed by atoms with E-state index in [4.69, 9.17) is 4.74 Å². The zero-order valence-electron chi connectivity index (χ0n) is 27.1. The SMILES string of the molecule is CN1CCN(CCCOC2(c3cccnc3)CCN(C(=O)CC(NS(=O)(=O)c3ccc4ccccc4c3)c3ccccc3)CC2)CC1. The van der Waals surface area contributed by atoms with Crippen LogP contribution in [0, 0.1) is 0 Å². The molecule has 0 saturated carbocycles. The Hall–Kier alpha value is -3.67. The van der Waals surface area contributed by atoms with Crippen molar-refractivity contribution in [1.29, 1.82) is 0 Å². The highest BCUT2D eigenvalue weighted by Crippen LogP contribution is 2.37. The Morgan fingerprint density at radius 3 is 2.34 bits per heavy atom. The molecule has 2 aliphatic heterocycles. The van der Waals surface area contributed by atoms with Gasteiger partial charge < -0.3 is 19.4 Å². The lowest BCUT2D eigenvalue weighted by molar-refractivity contribution is -0.140. The molecule has 9 nitrogen and oxygen atoms in total. The molecule has 1 aromatic heterocycles. The number of carbonyl (C=O) groups excluding carboxylic acids is 1. The number of rotatable bonds is 12. The molecule has 2 aliphatic rings. The fourth-order valence-corrected chi connectivity index (χ4v) is 7.96. The van der Waals surface area contributed by atoms with E-state index in [1.807, 2.05) is 77.8 Å². The van der Waals surface area contributed by atoms with Gasteiger partial charge >= 0.3 is 0 Å². The van der Waals surface area contributed by atoms with Gasteiger partial charge in [-0.3, -0.25) is 9.78 Å². The Bertz CT molecular complexity index is 1720. The third-order valence-electron chi connectivity index (χ3n) is 9.61. The van der Waals surface area contributed by atoms with E-state index in [0.29, 0.717) is 32.5 Å². The number of piperazine rings is 1. The topological polar surface area (TPSA) is 95.1 Å². The van der Waals surface area contributed by atoms with E-state index in [-0.39, 0.29) is 17.2 Å². The summed E-state index contributed by atoms with van der Waals surface area (Å²) < 4.78 is 36.8. The van der Waals surface area contributed by atoms with Crippen molar-refractivity contribution in [2.45, 2.75) is 42.2 Å². The van der Waals surface area contributed by atoms with E-state index in [1.165, 1.54) is 0 Å². The predicted octanol–water partition coefficient (Wildman–Crippen LogP) is 4.82. The lowest BCUT2D eigenvalue weighted by Crippen LogP contribution is -2.48. The number of fused-ring (bicyclic) bond motifs is 1. The predicted molar refractivity (Wildman–Crippen MR) is 184 cm³/mol. The minimum Gasteiger partial charge on any atom is -0.370 e. The van der Waals surface area contributed by atoms with Gasteiger partial charge in [0.25, 0.3) is 0 Å². The monoisotopic (exact) mass is 655 g/mol. The summed E-state index contributed by atoms with van der Waals surface area (Å²) in [7, 11) is -1.74. The maximum Gasteiger partial charge on any atom is 0.241 e. The molecule has 10 heteroatoms. The number of amides is 1. The van der Waals surface area contributed by atoms with Gasteiger partial charge in [-0.15, -0.1) is 0 Å². The van der Waals surface area contributed by atoms with Gasteiger partial charge in [0.2, 0.25) is 15.9 Å². The van der Waals surface area contributed by atoms with Crippen molar-refractivity contribution in [3.63, 3.8) is 0 Å². The summed E-state index contributed by atoms with van der Waals surface area (Å²) in [5.41, 5.74) is 1.27. The second kappa shape index (κ2) is 15.0. The first-order valence-electron chi connectivity index (χ1n) is 16.6. The van der Waals surface area contributed by atoms with Gasteiger partial charge in [0.1, 0.15) is 0 Å². The molecule has 248 valence electrons. The smallest absolute Gasteiger partial charge is 0.241 e. The number of ether oxygens (including phenoxy) is 1. The zero-order valence-corrected chi connectivity index (χ0v) is 27.9. The summed E-state index contributed by atoms with van der Waals surface area (Å²) >= 11 is 0. The fraction of sp³-hybridized carbons (Fsp3) is 0.405. The molecule has 2 saturated heterocycles. The molecule has 1 unspecified atom stereocenters. The lowest BCUT2D eigenvalue weighted by Gasteiger charge is -2.42. The molecule has 0 bridgehead atoms. The molecule has 2 fully saturated rings. The number of hydrogen-bond acceptors (Lipinski definition) is 7. The average Bonchev–Trinajstić information content (AvgIpc) is 3.11. The van der Waals surface area contributed by atoms with Crippen LogP contribution in [-0.2, 0) is 25.2 Å². The van der Waals surface area contributed by atoms with Crippen LogP contribution in [0.15, 0.2) is 102 Å². The largest absolute Gasteiger partial charge is 0.370 e. The van der Waals surface area contributed by atoms with Crippen LogP contribution in [0.5, 0.6) is 0 Å². The van der Waals surface area contributed by atoms with Crippen LogP contribution in [0.4, 0.5) is 0 Å². The number of nitrogens with zero attached hydrogens (tertiary/aromatic N) is 4. The summed E-state index contributed by atoms with van der Waals surface area (Å²) in [6, 6.07) is 25.4. The molecular formula is C37H45N5O4S. The van der Waals surface area contributed by atoms with Crippen molar-refractivity contribution < 1.29 is 17.9 Å². The number of pyridine rings is 1. The van der Waals surface area contributed by atoms with Gasteiger partial charge in [-0.25, -0.2) is 13.1 Å². The molecule has 47 heavy (non-hydrogen) atoms. The molecule has 1 amide bonds. The first kappa shape index (κ1) is 33.2. The number of piperidine rings is 1. The highest BCUT2D eigenvalue weighted by Gasteiger charge is 2.39. The maximum absolute atomic E-state index is 13.8. The highest BCUT2D eigenvalue weighted by atomic mass is 32.2. The first-order valence-corrected chi connectivity index (χ1v) is 18.1. The van der Waals surface area contributed by atoms with E-state index < -0.39 is 21.7 Å². The van der Waals surface area contributed by atoms with E-state index in [2.05, 4.69) is 32.6 Å². The number of likely N-dealkylation sites (N-methyl/N-ethyl adjacent to an activating group) is 1. The Morgan fingerprint density at radius 2 is 1.62 bits per heavy atom. The van der Waals surface area contributed by atoms with Crippen LogP contribution in [-0.4, -0.2) is 93.5 Å². The van der Waals surface area contributed by atoms with Crippen LogP contribution in [0.2, 0.25) is 0 Å². The van der Waals surface area contributed by atoms with E-state index >= 15 is 0 Å². The van der Waals surface area contributed by atoms with Gasteiger partial charge in [-0.1, -0.05) is 66.7 Å². The Balaban J connectivity index is 1.12. The van der Waals surface area contributed by atoms with Gasteiger partial charge in [0.05, 0.1) is 16.5 Å². The van der Waals surface area contributed by atoms with Crippen molar-refractivity contribution in [2.75, 3.05) is 59.5 Å². The van der Waals surface area contributed by atoms with E-state index in [0.717, 1.165) is 61.0 Å². The van der Waals surface area contributed by atoms with Crippen LogP contribution in [0.3, 0.4) is 0 Å². The first-order chi connectivity index (χ1) is 22.8. The number of hydrogen-bond donors (Lipinski definition) is 1. The van der Waals surface area contributed by atoms with E-state index in [9.17, 15) is 13.2 Å². The summed E-state index contributed by atoms with van der Waals surface area (Å²) in [6.45, 7) is 7.06. The summed E-state index contributed by atoms with van der Waals surface area (Å²) in [4.78, 5) is 25.1. The summed E-state index contributed by atoms with van der Waals surface area (Å²) in [5.74, 6) is -0.0880. The second-order valence-corrected chi connectivity index (χ2v) is 14.5. The molecule has 1 atom stereocenters. The number of nitrogens with one attached hydrogen (secondary N) is 1. The molecule has 6 rings (SSSR count). The summed E-state index contributed by atoms with van der Waals surface area (Å²) in [6.07, 6.45) is 5.92. The molecule has 4 aromatic rings. The molecule has 3 aromatic carbocycles. The Morgan fingerprint density at radius 1 is 0.894 bits per heavy atom. The quantitative estimate of drug-likeness (QED) is 0.219. The minimum atomic E-state index is -3.91. The van der Waals surface area contributed by atoms with Crippen molar-refractivity contribution in [3.8, 4) is 0 Å². The number of benzene rings is 3. The lowest BCUT2D eigenvalue weighted by atomic mass is 9.84. The summed E-state index contributed by atoms with van der Waals surface area (Å²) in [5, 5.41) is 1.81. The average molecular weight is 656 g/mol. The van der Waals surface area contributed by atoms with Gasteiger partial charge in [-0.05, 0) is 60.8 Å². The van der Waals surface area contributed by atoms with Crippen LogP contribution < -0.4 is 4.72 Å². The van der Waals surface area contributed by atoms with Crippen molar-refractivity contribution in [1.82, 2.24) is 24.4 Å². The highest BCUT2D eigenvalue weighted by molar-refractivity contribution is 7.89. The number of aromatic nitrogens is 1. The van der Waals surface area contributed by atoms with E-state index in [1.54, 1.807) is 18.3 Å². The Labute approximate surface area is 278 Å². The molecule has 0 radical (unpaired) electrons. The van der Waals surface area contributed by atoms with Crippen molar-refractivity contribution >= 4 is 26.7 Å². The standard InChI is InChI=1S/C37H45N5O4S/c1-40-22-24-41(25-23-40)19-8-26-46-37(33-13-7-18-38-29-33)16-20-42(21-17-37)36(43)28-35(31-10-3-2-4-11-31)39-47(44,45)34-15-14-30-9-5-6-12-32(30)27-34/h2-7,9-15,18,27,29,35,39H,8,16-17,19-26,28H2,1H3. The van der Waals surface area contributed by atoms with Gasteiger partial charge in [0.15, 0.2) is 0 Å². The van der Waals surface area contributed by atoms with Crippen LogP contribution in [0.1, 0.15) is 42.9 Å². The number of sulfonamides is 1. The molecular weight excluding hydrogens is 611 g/mol. The molecule has 0 aliphatic carbocycles. The number of carbonyl (C=O) groups is 1. The number of likely N-dealkylation sites (tertiary alicyclic amines) is 1. The zero-order chi connectivity index (χ0) is 32.7. The maximum atomic E-state index is 13.8. The van der Waals surface area contributed by atoms with Crippen LogP contribution >= 0.6 is 0 Å².